The Hall–Kier alpha value is -2.52. The zero-order valence-corrected chi connectivity index (χ0v) is 17.4. The zero-order valence-electron chi connectivity index (χ0n) is 15.8. The maximum atomic E-state index is 12.1. The lowest BCUT2D eigenvalue weighted by atomic mass is 10.1. The van der Waals surface area contributed by atoms with Gasteiger partial charge in [-0.15, -0.1) is 0 Å². The summed E-state index contributed by atoms with van der Waals surface area (Å²) in [5.41, 5.74) is 2.82. The van der Waals surface area contributed by atoms with Gasteiger partial charge >= 0.3 is 0 Å². The Kier molecular flexibility index (Phi) is 5.27. The van der Waals surface area contributed by atoms with Gasteiger partial charge in [-0.3, -0.25) is 9.69 Å². The number of hydrogen-bond donors (Lipinski definition) is 0. The van der Waals surface area contributed by atoms with Gasteiger partial charge in [0.1, 0.15) is 4.47 Å². The van der Waals surface area contributed by atoms with Gasteiger partial charge < -0.3 is 9.42 Å². The van der Waals surface area contributed by atoms with E-state index in [0.717, 1.165) is 43.0 Å². The highest BCUT2D eigenvalue weighted by Crippen LogP contribution is 2.24. The summed E-state index contributed by atoms with van der Waals surface area (Å²) >= 11 is 3.40. The van der Waals surface area contributed by atoms with Crippen molar-refractivity contribution in [3.63, 3.8) is 0 Å². The fraction of sp³-hybridized carbons (Fsp3) is 0.368. The molecule has 28 heavy (non-hydrogen) atoms. The van der Waals surface area contributed by atoms with Gasteiger partial charge in [-0.05, 0) is 28.4 Å². The minimum atomic E-state index is -0.130. The van der Waals surface area contributed by atoms with E-state index in [0.29, 0.717) is 22.7 Å². The number of anilines is 1. The highest BCUT2D eigenvalue weighted by atomic mass is 79.9. The van der Waals surface area contributed by atoms with Crippen molar-refractivity contribution in [2.24, 2.45) is 7.05 Å². The number of benzene rings is 1. The summed E-state index contributed by atoms with van der Waals surface area (Å²) in [5, 5.41) is 8.26. The first kappa shape index (κ1) is 18.8. The number of piperazine rings is 1. The minimum absolute atomic E-state index is 0.130. The van der Waals surface area contributed by atoms with E-state index in [2.05, 4.69) is 41.0 Å². The molecule has 1 fully saturated rings. The van der Waals surface area contributed by atoms with Crippen molar-refractivity contribution in [2.75, 3.05) is 31.1 Å². The molecule has 0 amide bonds. The Bertz CT molecular complexity index is 1040. The SMILES string of the molecule is Cc1ccccc1-c1noc(CN2CCN(c3cnn(C)c(=O)c3Br)CC2)n1. The summed E-state index contributed by atoms with van der Waals surface area (Å²) in [5.74, 6) is 1.24. The fourth-order valence-corrected chi connectivity index (χ4v) is 3.92. The van der Waals surface area contributed by atoms with Crippen molar-refractivity contribution >= 4 is 21.6 Å². The van der Waals surface area contributed by atoms with Gasteiger partial charge in [0.05, 0.1) is 18.4 Å². The molecule has 1 aliphatic heterocycles. The lowest BCUT2D eigenvalue weighted by Gasteiger charge is -2.35. The van der Waals surface area contributed by atoms with Gasteiger partial charge in [0.2, 0.25) is 11.7 Å². The first-order valence-electron chi connectivity index (χ1n) is 9.10. The second kappa shape index (κ2) is 7.84. The van der Waals surface area contributed by atoms with Crippen LogP contribution in [0, 0.1) is 6.92 Å². The Balaban J connectivity index is 1.40. The average molecular weight is 445 g/mol. The zero-order chi connectivity index (χ0) is 19.7. The van der Waals surface area contributed by atoms with E-state index in [1.165, 1.54) is 4.68 Å². The van der Waals surface area contributed by atoms with Gasteiger partial charge in [-0.1, -0.05) is 29.4 Å². The van der Waals surface area contributed by atoms with Crippen molar-refractivity contribution < 1.29 is 4.52 Å². The lowest BCUT2D eigenvalue weighted by molar-refractivity contribution is 0.215. The largest absolute Gasteiger partial charge is 0.367 e. The van der Waals surface area contributed by atoms with Gasteiger partial charge in [0.15, 0.2) is 0 Å². The normalized spacial score (nSPS) is 15.2. The molecule has 1 aromatic carbocycles. The van der Waals surface area contributed by atoms with Crippen LogP contribution in [0.4, 0.5) is 5.69 Å². The Morgan fingerprint density at radius 3 is 2.68 bits per heavy atom. The van der Waals surface area contributed by atoms with Crippen molar-refractivity contribution in [3.8, 4) is 11.4 Å². The van der Waals surface area contributed by atoms with Crippen LogP contribution >= 0.6 is 15.9 Å². The first-order chi connectivity index (χ1) is 13.5. The molecule has 1 saturated heterocycles. The predicted octanol–water partition coefficient (Wildman–Crippen LogP) is 2.22. The smallest absolute Gasteiger partial charge is 0.282 e. The molecule has 0 saturated carbocycles. The number of rotatable bonds is 4. The highest BCUT2D eigenvalue weighted by molar-refractivity contribution is 9.10. The van der Waals surface area contributed by atoms with E-state index in [-0.39, 0.29) is 5.56 Å². The fourth-order valence-electron chi connectivity index (χ4n) is 3.31. The standard InChI is InChI=1S/C19H21BrN6O2/c1-13-5-3-4-6-14(13)18-22-16(28-23-18)12-25-7-9-26(10-8-25)15-11-21-24(2)19(27)17(15)20/h3-6,11H,7-10,12H2,1-2H3. The van der Waals surface area contributed by atoms with E-state index >= 15 is 0 Å². The third-order valence-corrected chi connectivity index (χ3v) is 5.73. The molecule has 146 valence electrons. The van der Waals surface area contributed by atoms with Crippen LogP contribution < -0.4 is 10.5 Å². The van der Waals surface area contributed by atoms with Crippen LogP contribution in [0.3, 0.4) is 0 Å². The molecule has 0 aliphatic carbocycles. The Labute approximate surface area is 170 Å². The first-order valence-corrected chi connectivity index (χ1v) is 9.90. The predicted molar refractivity (Wildman–Crippen MR) is 109 cm³/mol. The second-order valence-corrected chi connectivity index (χ2v) is 7.66. The molecule has 3 aromatic rings. The molecular weight excluding hydrogens is 424 g/mol. The van der Waals surface area contributed by atoms with Crippen molar-refractivity contribution in [1.29, 1.82) is 0 Å². The molecule has 0 bridgehead atoms. The van der Waals surface area contributed by atoms with Crippen LogP contribution in [0.15, 0.2) is 44.3 Å². The average Bonchev–Trinajstić information content (AvgIpc) is 3.16. The number of nitrogens with zero attached hydrogens (tertiary/aromatic N) is 6. The van der Waals surface area contributed by atoms with E-state index in [4.69, 9.17) is 4.52 Å². The topological polar surface area (TPSA) is 80.3 Å². The van der Waals surface area contributed by atoms with E-state index in [1.807, 2.05) is 31.2 Å². The van der Waals surface area contributed by atoms with Crippen LogP contribution in [0.5, 0.6) is 0 Å². The van der Waals surface area contributed by atoms with Gasteiger partial charge in [-0.25, -0.2) is 4.68 Å². The summed E-state index contributed by atoms with van der Waals surface area (Å²) in [6, 6.07) is 8.00. The molecule has 9 heteroatoms. The molecule has 0 unspecified atom stereocenters. The van der Waals surface area contributed by atoms with Crippen molar-refractivity contribution in [2.45, 2.75) is 13.5 Å². The molecule has 0 spiro atoms. The molecule has 2 aromatic heterocycles. The van der Waals surface area contributed by atoms with Gasteiger partial charge in [0.25, 0.3) is 5.56 Å². The summed E-state index contributed by atoms with van der Waals surface area (Å²) in [7, 11) is 1.64. The van der Waals surface area contributed by atoms with Crippen LogP contribution in [0.1, 0.15) is 11.5 Å². The summed E-state index contributed by atoms with van der Waals surface area (Å²) in [6.07, 6.45) is 1.73. The Morgan fingerprint density at radius 1 is 1.18 bits per heavy atom. The Morgan fingerprint density at radius 2 is 1.93 bits per heavy atom. The third kappa shape index (κ3) is 3.72. The molecule has 3 heterocycles. The van der Waals surface area contributed by atoms with Crippen molar-refractivity contribution in [1.82, 2.24) is 24.8 Å². The highest BCUT2D eigenvalue weighted by Gasteiger charge is 2.22. The van der Waals surface area contributed by atoms with Gasteiger partial charge in [0, 0.05) is 38.8 Å². The second-order valence-electron chi connectivity index (χ2n) is 6.86. The lowest BCUT2D eigenvalue weighted by Crippen LogP contribution is -2.46. The maximum Gasteiger partial charge on any atom is 0.282 e. The van der Waals surface area contributed by atoms with E-state index in [1.54, 1.807) is 13.2 Å². The molecule has 0 radical (unpaired) electrons. The molecule has 8 nitrogen and oxygen atoms in total. The van der Waals surface area contributed by atoms with E-state index in [9.17, 15) is 4.79 Å². The third-order valence-electron chi connectivity index (χ3n) is 4.99. The number of hydrogen-bond acceptors (Lipinski definition) is 7. The summed E-state index contributed by atoms with van der Waals surface area (Å²) < 4.78 is 7.34. The van der Waals surface area contributed by atoms with Gasteiger partial charge in [-0.2, -0.15) is 10.1 Å². The monoisotopic (exact) mass is 444 g/mol. The number of halogens is 1. The molecule has 0 atom stereocenters. The van der Waals surface area contributed by atoms with Crippen LogP contribution in [0.25, 0.3) is 11.4 Å². The quantitative estimate of drug-likeness (QED) is 0.609. The number of aromatic nitrogens is 4. The summed E-state index contributed by atoms with van der Waals surface area (Å²) in [6.45, 7) is 5.92. The van der Waals surface area contributed by atoms with Crippen molar-refractivity contribution in [3.05, 3.63) is 56.7 Å². The van der Waals surface area contributed by atoms with E-state index < -0.39 is 0 Å². The molecule has 1 aliphatic rings. The molecular formula is C19H21BrN6O2. The molecule has 4 rings (SSSR count). The van der Waals surface area contributed by atoms with Crippen LogP contribution in [-0.4, -0.2) is 51.0 Å². The summed E-state index contributed by atoms with van der Waals surface area (Å²) in [4.78, 5) is 21.1. The minimum Gasteiger partial charge on any atom is -0.367 e. The molecule has 0 N–H and O–H groups in total. The van der Waals surface area contributed by atoms with Crippen LogP contribution in [-0.2, 0) is 13.6 Å². The number of aryl methyl sites for hydroxylation is 2. The maximum absolute atomic E-state index is 12.1. The van der Waals surface area contributed by atoms with Crippen LogP contribution in [0.2, 0.25) is 0 Å².